The molecule has 2 aromatic rings. The van der Waals surface area contributed by atoms with Gasteiger partial charge in [-0.25, -0.2) is 4.98 Å². The van der Waals surface area contributed by atoms with E-state index in [2.05, 4.69) is 15.4 Å². The molecule has 106 valence electrons. The Bertz CT molecular complexity index is 629. The molecule has 1 amide bonds. The van der Waals surface area contributed by atoms with Crippen LogP contribution in [0.25, 0.3) is 0 Å². The third-order valence-electron chi connectivity index (χ3n) is 2.67. The molecule has 0 unspecified atom stereocenters. The van der Waals surface area contributed by atoms with E-state index < -0.39 is 4.92 Å². The van der Waals surface area contributed by atoms with Gasteiger partial charge in [0.25, 0.3) is 0 Å². The van der Waals surface area contributed by atoms with E-state index in [4.69, 9.17) is 0 Å². The lowest BCUT2D eigenvalue weighted by Crippen LogP contribution is -2.14. The number of amides is 1. The Labute approximate surface area is 118 Å². The standard InChI is InChI=1S/C11H13N5O3S/c1-7-8(2)20-11(13-7)14-10(17)3-4-15-6-9(5-12-15)16(18)19/h5-6H,3-4H2,1-2H3,(H,13,14,17). The molecule has 0 saturated carbocycles. The number of nitrogens with one attached hydrogen (secondary N) is 1. The van der Waals surface area contributed by atoms with Crippen LogP contribution in [-0.2, 0) is 11.3 Å². The number of thiazole rings is 1. The van der Waals surface area contributed by atoms with Crippen molar-refractivity contribution >= 4 is 28.1 Å². The minimum atomic E-state index is -0.523. The van der Waals surface area contributed by atoms with Crippen LogP contribution >= 0.6 is 11.3 Å². The average molecular weight is 295 g/mol. The van der Waals surface area contributed by atoms with E-state index in [9.17, 15) is 14.9 Å². The normalized spacial score (nSPS) is 10.5. The van der Waals surface area contributed by atoms with Crippen LogP contribution in [0.15, 0.2) is 12.4 Å². The Balaban J connectivity index is 1.87. The van der Waals surface area contributed by atoms with E-state index in [0.717, 1.165) is 16.8 Å². The molecule has 0 aliphatic heterocycles. The maximum atomic E-state index is 11.7. The van der Waals surface area contributed by atoms with Crippen molar-refractivity contribution < 1.29 is 9.72 Å². The maximum absolute atomic E-state index is 11.7. The van der Waals surface area contributed by atoms with Crippen molar-refractivity contribution in [1.29, 1.82) is 0 Å². The molecule has 0 fully saturated rings. The highest BCUT2D eigenvalue weighted by molar-refractivity contribution is 7.15. The fourth-order valence-corrected chi connectivity index (χ4v) is 2.32. The quantitative estimate of drug-likeness (QED) is 0.670. The Kier molecular flexibility index (Phi) is 4.08. The molecule has 0 saturated heterocycles. The van der Waals surface area contributed by atoms with E-state index >= 15 is 0 Å². The van der Waals surface area contributed by atoms with E-state index in [-0.39, 0.29) is 24.6 Å². The second-order valence-electron chi connectivity index (χ2n) is 4.18. The van der Waals surface area contributed by atoms with E-state index in [1.807, 2.05) is 13.8 Å². The van der Waals surface area contributed by atoms with Crippen molar-refractivity contribution in [2.24, 2.45) is 0 Å². The van der Waals surface area contributed by atoms with Gasteiger partial charge in [-0.2, -0.15) is 5.10 Å². The predicted octanol–water partition coefficient (Wildman–Crippen LogP) is 1.89. The highest BCUT2D eigenvalue weighted by Crippen LogP contribution is 2.21. The number of nitrogens with zero attached hydrogens (tertiary/aromatic N) is 4. The Morgan fingerprint density at radius 1 is 1.55 bits per heavy atom. The van der Waals surface area contributed by atoms with E-state index in [1.165, 1.54) is 22.2 Å². The lowest BCUT2D eigenvalue weighted by Gasteiger charge is -2.01. The SMILES string of the molecule is Cc1nc(NC(=O)CCn2cc([N+](=O)[O-])cn2)sc1C. The first-order valence-electron chi connectivity index (χ1n) is 5.86. The first-order chi connectivity index (χ1) is 9.45. The van der Waals surface area contributed by atoms with E-state index in [1.54, 1.807) is 0 Å². The number of hydrogen-bond donors (Lipinski definition) is 1. The van der Waals surface area contributed by atoms with Gasteiger partial charge in [0, 0.05) is 17.8 Å². The van der Waals surface area contributed by atoms with Crippen molar-refractivity contribution in [2.75, 3.05) is 5.32 Å². The summed E-state index contributed by atoms with van der Waals surface area (Å²) in [4.78, 5) is 27.0. The van der Waals surface area contributed by atoms with Crippen LogP contribution in [0, 0.1) is 24.0 Å². The summed E-state index contributed by atoms with van der Waals surface area (Å²) in [5, 5.41) is 17.6. The highest BCUT2D eigenvalue weighted by Gasteiger charge is 2.11. The van der Waals surface area contributed by atoms with Crippen LogP contribution in [-0.4, -0.2) is 25.6 Å². The van der Waals surface area contributed by atoms with Gasteiger partial charge >= 0.3 is 5.69 Å². The average Bonchev–Trinajstić information content (AvgIpc) is 2.95. The van der Waals surface area contributed by atoms with Gasteiger partial charge in [-0.1, -0.05) is 0 Å². The summed E-state index contributed by atoms with van der Waals surface area (Å²) >= 11 is 1.42. The fourth-order valence-electron chi connectivity index (χ4n) is 1.49. The first-order valence-corrected chi connectivity index (χ1v) is 6.68. The number of hydrogen-bond acceptors (Lipinski definition) is 6. The molecule has 1 N–H and O–H groups in total. The van der Waals surface area contributed by atoms with Crippen LogP contribution < -0.4 is 5.32 Å². The molecule has 0 aromatic carbocycles. The predicted molar refractivity (Wildman–Crippen MR) is 73.7 cm³/mol. The van der Waals surface area contributed by atoms with Gasteiger partial charge < -0.3 is 5.32 Å². The number of carbonyl (C=O) groups is 1. The minimum absolute atomic E-state index is 0.0865. The summed E-state index contributed by atoms with van der Waals surface area (Å²) in [6, 6.07) is 0. The third kappa shape index (κ3) is 3.38. The molecule has 2 aromatic heterocycles. The number of nitro groups is 1. The molecule has 0 spiro atoms. The number of aryl methyl sites for hydroxylation is 3. The smallest absolute Gasteiger partial charge is 0.302 e. The van der Waals surface area contributed by atoms with Gasteiger partial charge in [-0.3, -0.25) is 19.6 Å². The molecule has 0 aliphatic carbocycles. The lowest BCUT2D eigenvalue weighted by atomic mass is 10.4. The van der Waals surface area contributed by atoms with Crippen LogP contribution in [0.5, 0.6) is 0 Å². The molecular formula is C11H13N5O3S. The van der Waals surface area contributed by atoms with Crippen LogP contribution in [0.1, 0.15) is 17.0 Å². The first kappa shape index (κ1) is 14.1. The summed E-state index contributed by atoms with van der Waals surface area (Å²) in [6.45, 7) is 4.10. The van der Waals surface area contributed by atoms with Crippen molar-refractivity contribution in [1.82, 2.24) is 14.8 Å². The largest absolute Gasteiger partial charge is 0.306 e. The molecule has 2 heterocycles. The number of aromatic nitrogens is 3. The lowest BCUT2D eigenvalue weighted by molar-refractivity contribution is -0.385. The van der Waals surface area contributed by atoms with Crippen LogP contribution in [0.3, 0.4) is 0 Å². The van der Waals surface area contributed by atoms with Crippen molar-refractivity contribution in [3.63, 3.8) is 0 Å². The zero-order valence-electron chi connectivity index (χ0n) is 11.0. The van der Waals surface area contributed by atoms with Crippen molar-refractivity contribution in [2.45, 2.75) is 26.8 Å². The molecule has 2 rings (SSSR count). The molecule has 0 aliphatic rings. The monoisotopic (exact) mass is 295 g/mol. The van der Waals surface area contributed by atoms with Gasteiger partial charge in [0.05, 0.1) is 10.6 Å². The second-order valence-corrected chi connectivity index (χ2v) is 5.38. The molecular weight excluding hydrogens is 282 g/mol. The van der Waals surface area contributed by atoms with Crippen LogP contribution in [0.2, 0.25) is 0 Å². The van der Waals surface area contributed by atoms with Gasteiger partial charge in [0.15, 0.2) is 5.13 Å². The molecule has 8 nitrogen and oxygen atoms in total. The number of rotatable bonds is 5. The second kappa shape index (κ2) is 5.78. The molecule has 9 heteroatoms. The molecule has 0 radical (unpaired) electrons. The van der Waals surface area contributed by atoms with Gasteiger partial charge in [-0.15, -0.1) is 11.3 Å². The van der Waals surface area contributed by atoms with Gasteiger partial charge in [0.2, 0.25) is 5.91 Å². The summed E-state index contributed by atoms with van der Waals surface area (Å²) in [5.74, 6) is -0.197. The zero-order chi connectivity index (χ0) is 14.7. The topological polar surface area (TPSA) is 103 Å². The van der Waals surface area contributed by atoms with Crippen molar-refractivity contribution in [3.8, 4) is 0 Å². The summed E-state index contributed by atoms with van der Waals surface area (Å²) in [6.07, 6.45) is 2.63. The van der Waals surface area contributed by atoms with Gasteiger partial charge in [0.1, 0.15) is 12.4 Å². The van der Waals surface area contributed by atoms with Gasteiger partial charge in [-0.05, 0) is 13.8 Å². The molecule has 20 heavy (non-hydrogen) atoms. The molecule has 0 atom stereocenters. The Morgan fingerprint density at radius 2 is 2.30 bits per heavy atom. The summed E-state index contributed by atoms with van der Waals surface area (Å²) in [7, 11) is 0. The zero-order valence-corrected chi connectivity index (χ0v) is 11.8. The fraction of sp³-hybridized carbons (Fsp3) is 0.364. The highest BCUT2D eigenvalue weighted by atomic mass is 32.1. The Hall–Kier alpha value is -2.29. The van der Waals surface area contributed by atoms with E-state index in [0.29, 0.717) is 5.13 Å². The summed E-state index contributed by atoms with van der Waals surface area (Å²) < 4.78 is 1.37. The maximum Gasteiger partial charge on any atom is 0.306 e. The minimum Gasteiger partial charge on any atom is -0.302 e. The number of anilines is 1. The Morgan fingerprint density at radius 3 is 2.85 bits per heavy atom. The number of carbonyl (C=O) groups excluding carboxylic acids is 1. The third-order valence-corrected chi connectivity index (χ3v) is 3.66. The summed E-state index contributed by atoms with van der Waals surface area (Å²) in [5.41, 5.74) is 0.810. The van der Waals surface area contributed by atoms with Crippen LogP contribution in [0.4, 0.5) is 10.8 Å². The van der Waals surface area contributed by atoms with Crippen molar-refractivity contribution in [3.05, 3.63) is 33.1 Å². The molecule has 0 bridgehead atoms.